The van der Waals surface area contributed by atoms with Crippen LogP contribution in [0.4, 0.5) is 0 Å². The molecule has 2 aromatic rings. The largest absolute Gasteiger partial charge is 0.338 e. The van der Waals surface area contributed by atoms with Gasteiger partial charge in [0.15, 0.2) is 0 Å². The van der Waals surface area contributed by atoms with Crippen molar-refractivity contribution in [3.8, 4) is 0 Å². The van der Waals surface area contributed by atoms with E-state index in [9.17, 15) is 13.2 Å². The van der Waals surface area contributed by atoms with Gasteiger partial charge in [0.25, 0.3) is 5.91 Å². The van der Waals surface area contributed by atoms with Crippen LogP contribution in [0.15, 0.2) is 39.9 Å². The highest BCUT2D eigenvalue weighted by atomic mass is 35.5. The summed E-state index contributed by atoms with van der Waals surface area (Å²) in [7, 11) is -3.47. The molecule has 1 aliphatic rings. The molecule has 1 fully saturated rings. The Morgan fingerprint density at radius 2 is 2.00 bits per heavy atom. The Kier molecular flexibility index (Phi) is 5.48. The Hall–Kier alpha value is -1.41. The van der Waals surface area contributed by atoms with Gasteiger partial charge >= 0.3 is 0 Å². The monoisotopic (exact) mass is 398 g/mol. The van der Waals surface area contributed by atoms with Crippen molar-refractivity contribution < 1.29 is 13.2 Å². The van der Waals surface area contributed by atoms with Crippen molar-refractivity contribution in [3.05, 3.63) is 51.9 Å². The van der Waals surface area contributed by atoms with Crippen LogP contribution in [0.25, 0.3) is 0 Å². The van der Waals surface area contributed by atoms with Gasteiger partial charge in [0, 0.05) is 19.1 Å². The number of hydrogen-bond acceptors (Lipinski definition) is 4. The van der Waals surface area contributed by atoms with E-state index in [4.69, 9.17) is 11.6 Å². The van der Waals surface area contributed by atoms with E-state index in [0.717, 1.165) is 5.56 Å². The second kappa shape index (κ2) is 7.45. The Morgan fingerprint density at radius 3 is 2.60 bits per heavy atom. The quantitative estimate of drug-likeness (QED) is 0.859. The molecule has 1 N–H and O–H groups in total. The summed E-state index contributed by atoms with van der Waals surface area (Å²) in [5.74, 6) is -0.107. The maximum atomic E-state index is 12.6. The number of benzene rings is 1. The summed E-state index contributed by atoms with van der Waals surface area (Å²) < 4.78 is 27.6. The third-order valence-electron chi connectivity index (χ3n) is 4.22. The lowest BCUT2D eigenvalue weighted by Gasteiger charge is -2.32. The average molecular weight is 399 g/mol. The molecule has 1 saturated heterocycles. The highest BCUT2D eigenvalue weighted by Crippen LogP contribution is 2.23. The molecule has 1 aliphatic heterocycles. The first-order valence-corrected chi connectivity index (χ1v) is 10.7. The zero-order valence-electron chi connectivity index (χ0n) is 13.7. The van der Waals surface area contributed by atoms with Crippen molar-refractivity contribution in [2.75, 3.05) is 13.1 Å². The van der Waals surface area contributed by atoms with E-state index in [-0.39, 0.29) is 11.9 Å². The zero-order chi connectivity index (χ0) is 18.0. The van der Waals surface area contributed by atoms with Gasteiger partial charge in [-0.2, -0.15) is 0 Å². The van der Waals surface area contributed by atoms with Crippen LogP contribution in [-0.4, -0.2) is 38.4 Å². The van der Waals surface area contributed by atoms with Crippen LogP contribution in [0, 0.1) is 6.92 Å². The van der Waals surface area contributed by atoms with E-state index in [0.29, 0.717) is 40.7 Å². The second-order valence-electron chi connectivity index (χ2n) is 6.10. The van der Waals surface area contributed by atoms with Gasteiger partial charge in [-0.25, -0.2) is 13.1 Å². The molecule has 134 valence electrons. The number of nitrogens with zero attached hydrogens (tertiary/aromatic N) is 1. The van der Waals surface area contributed by atoms with Crippen LogP contribution in [0.3, 0.4) is 0 Å². The fourth-order valence-corrected chi connectivity index (χ4v) is 5.49. The lowest BCUT2D eigenvalue weighted by molar-refractivity contribution is 0.0711. The van der Waals surface area contributed by atoms with Gasteiger partial charge in [0.05, 0.1) is 10.6 Å². The van der Waals surface area contributed by atoms with E-state index < -0.39 is 10.0 Å². The summed E-state index contributed by atoms with van der Waals surface area (Å²) >= 11 is 7.37. The molecule has 5 nitrogen and oxygen atoms in total. The minimum Gasteiger partial charge on any atom is -0.338 e. The summed E-state index contributed by atoms with van der Waals surface area (Å²) in [5, 5.41) is 2.19. The van der Waals surface area contributed by atoms with Crippen LogP contribution < -0.4 is 4.72 Å². The first-order valence-electron chi connectivity index (χ1n) is 7.98. The van der Waals surface area contributed by atoms with Crippen LogP contribution in [0.2, 0.25) is 5.02 Å². The van der Waals surface area contributed by atoms with E-state index in [1.165, 1.54) is 11.3 Å². The molecule has 0 saturated carbocycles. The SMILES string of the molecule is Cc1ccc(C(=O)N2CCC(NS(=O)(=O)c3cccs3)CC2)c(Cl)c1. The van der Waals surface area contributed by atoms with Crippen LogP contribution in [0.1, 0.15) is 28.8 Å². The molecule has 0 unspecified atom stereocenters. The normalized spacial score (nSPS) is 16.2. The standard InChI is InChI=1S/C17H19ClN2O3S2/c1-12-4-5-14(15(18)11-12)17(21)20-8-6-13(7-9-20)19-25(22,23)16-3-2-10-24-16/h2-5,10-11,13,19H,6-9H2,1H3. The van der Waals surface area contributed by atoms with Gasteiger partial charge in [-0.15, -0.1) is 11.3 Å². The minimum absolute atomic E-state index is 0.107. The highest BCUT2D eigenvalue weighted by molar-refractivity contribution is 7.91. The summed E-state index contributed by atoms with van der Waals surface area (Å²) in [6.07, 6.45) is 1.17. The number of carbonyl (C=O) groups is 1. The predicted octanol–water partition coefficient (Wildman–Crippen LogP) is 3.29. The number of likely N-dealkylation sites (tertiary alicyclic amines) is 1. The van der Waals surface area contributed by atoms with Crippen molar-refractivity contribution in [1.82, 2.24) is 9.62 Å². The Labute approximate surface area is 156 Å². The molecule has 8 heteroatoms. The molecule has 0 bridgehead atoms. The lowest BCUT2D eigenvalue weighted by atomic mass is 10.0. The van der Waals surface area contributed by atoms with Gasteiger partial charge in [-0.05, 0) is 48.9 Å². The molecule has 1 aromatic carbocycles. The number of hydrogen-bond donors (Lipinski definition) is 1. The molecule has 1 aromatic heterocycles. The van der Waals surface area contributed by atoms with Crippen molar-refractivity contribution in [2.45, 2.75) is 30.0 Å². The number of nitrogens with one attached hydrogen (secondary N) is 1. The molecule has 0 aliphatic carbocycles. The number of amides is 1. The Morgan fingerprint density at radius 1 is 1.28 bits per heavy atom. The van der Waals surface area contributed by atoms with Crippen LogP contribution >= 0.6 is 22.9 Å². The molecule has 0 radical (unpaired) electrons. The fourth-order valence-electron chi connectivity index (χ4n) is 2.86. The molecular formula is C17H19ClN2O3S2. The molecule has 2 heterocycles. The van der Waals surface area contributed by atoms with Crippen LogP contribution in [0.5, 0.6) is 0 Å². The van der Waals surface area contributed by atoms with Crippen molar-refractivity contribution in [1.29, 1.82) is 0 Å². The second-order valence-corrected chi connectivity index (χ2v) is 9.40. The maximum Gasteiger partial charge on any atom is 0.255 e. The van der Waals surface area contributed by atoms with Gasteiger partial charge in [0.1, 0.15) is 4.21 Å². The van der Waals surface area contributed by atoms with Crippen LogP contribution in [-0.2, 0) is 10.0 Å². The van der Waals surface area contributed by atoms with E-state index in [1.54, 1.807) is 34.5 Å². The molecule has 0 atom stereocenters. The van der Waals surface area contributed by atoms with Gasteiger partial charge in [-0.1, -0.05) is 23.7 Å². The smallest absolute Gasteiger partial charge is 0.255 e. The third kappa shape index (κ3) is 4.23. The highest BCUT2D eigenvalue weighted by Gasteiger charge is 2.28. The lowest BCUT2D eigenvalue weighted by Crippen LogP contribution is -2.46. The minimum atomic E-state index is -3.47. The zero-order valence-corrected chi connectivity index (χ0v) is 16.1. The van der Waals surface area contributed by atoms with E-state index in [1.807, 2.05) is 13.0 Å². The van der Waals surface area contributed by atoms with Gasteiger partial charge < -0.3 is 4.90 Å². The number of carbonyl (C=O) groups excluding carboxylic acids is 1. The number of rotatable bonds is 4. The summed E-state index contributed by atoms with van der Waals surface area (Å²) in [6, 6.07) is 8.52. The van der Waals surface area contributed by atoms with Gasteiger partial charge in [-0.3, -0.25) is 4.79 Å². The molecule has 1 amide bonds. The topological polar surface area (TPSA) is 66.5 Å². The number of thiophene rings is 1. The summed E-state index contributed by atoms with van der Waals surface area (Å²) in [4.78, 5) is 14.3. The fraction of sp³-hybridized carbons (Fsp3) is 0.353. The number of halogens is 1. The van der Waals surface area contributed by atoms with Crippen molar-refractivity contribution in [2.24, 2.45) is 0 Å². The molecule has 3 rings (SSSR count). The van der Waals surface area contributed by atoms with Gasteiger partial charge in [0.2, 0.25) is 10.0 Å². The molecule has 25 heavy (non-hydrogen) atoms. The number of sulfonamides is 1. The third-order valence-corrected chi connectivity index (χ3v) is 7.45. The maximum absolute atomic E-state index is 12.6. The summed E-state index contributed by atoms with van der Waals surface area (Å²) in [5.41, 5.74) is 1.49. The Bertz CT molecular complexity index is 858. The summed E-state index contributed by atoms with van der Waals surface area (Å²) in [6.45, 7) is 2.92. The molecule has 0 spiro atoms. The van der Waals surface area contributed by atoms with Crippen molar-refractivity contribution >= 4 is 38.9 Å². The number of aryl methyl sites for hydroxylation is 1. The Balaban J connectivity index is 1.61. The molecular weight excluding hydrogens is 380 g/mol. The van der Waals surface area contributed by atoms with E-state index in [2.05, 4.69) is 4.72 Å². The van der Waals surface area contributed by atoms with E-state index >= 15 is 0 Å². The average Bonchev–Trinajstić information content (AvgIpc) is 3.10. The predicted molar refractivity (Wildman–Crippen MR) is 99.8 cm³/mol. The number of piperidine rings is 1. The first kappa shape index (κ1) is 18.4. The first-order chi connectivity index (χ1) is 11.9. The van der Waals surface area contributed by atoms with Crippen molar-refractivity contribution in [3.63, 3.8) is 0 Å².